The molecule has 2 nitrogen and oxygen atoms in total. The minimum atomic E-state index is -0.402. The Labute approximate surface area is 400 Å². The van der Waals surface area contributed by atoms with Gasteiger partial charge in [-0.25, -0.2) is 0 Å². The Morgan fingerprint density at radius 1 is 0.261 bits per heavy atom. The van der Waals surface area contributed by atoms with E-state index in [4.69, 9.17) is 0 Å². The Bertz CT molecular complexity index is 4130. The van der Waals surface area contributed by atoms with Gasteiger partial charge in [0.25, 0.3) is 0 Å². The van der Waals surface area contributed by atoms with E-state index in [1.165, 1.54) is 110 Å². The lowest BCUT2D eigenvalue weighted by Crippen LogP contribution is -2.25. The lowest BCUT2D eigenvalue weighted by atomic mass is 9.70. The number of hydrogen-bond donors (Lipinski definition) is 0. The number of nitrogens with zero attached hydrogens (tertiary/aromatic N) is 2. The molecule has 13 aromatic rings. The zero-order chi connectivity index (χ0) is 45.2. The summed E-state index contributed by atoms with van der Waals surface area (Å²) in [7, 11) is 0. The van der Waals surface area contributed by atoms with Crippen LogP contribution in [0.5, 0.6) is 0 Å². The van der Waals surface area contributed by atoms with Gasteiger partial charge in [-0.15, -0.1) is 0 Å². The molecule has 0 unspecified atom stereocenters. The van der Waals surface area contributed by atoms with E-state index in [0.29, 0.717) is 0 Å². The van der Waals surface area contributed by atoms with E-state index in [1.807, 2.05) is 0 Å². The smallest absolute Gasteiger partial charge is 0.0725 e. The minimum absolute atomic E-state index is 0.402. The molecule has 0 atom stereocenters. The SMILES string of the molecule is c1cc(-c2ccc(N(c3ccc4c(c3)-c3ccccc3C43c4ccccc4-c4ccccc43)c3ccc4c5ccccc5c5ccccc5c4c3)cc2)cc(-n2c3ccccc3c3ccccc32)c1. The average molecular weight is 875 g/mol. The van der Waals surface area contributed by atoms with Crippen molar-refractivity contribution in [1.29, 1.82) is 0 Å². The van der Waals surface area contributed by atoms with Crippen LogP contribution in [0.15, 0.2) is 255 Å². The minimum Gasteiger partial charge on any atom is -0.310 e. The summed E-state index contributed by atoms with van der Waals surface area (Å²) >= 11 is 0. The summed E-state index contributed by atoms with van der Waals surface area (Å²) in [4.78, 5) is 2.46. The lowest BCUT2D eigenvalue weighted by molar-refractivity contribution is 0.794. The van der Waals surface area contributed by atoms with Gasteiger partial charge in [0.1, 0.15) is 0 Å². The van der Waals surface area contributed by atoms with E-state index in [1.54, 1.807) is 0 Å². The molecule has 0 aliphatic heterocycles. The van der Waals surface area contributed by atoms with E-state index < -0.39 is 5.41 Å². The first-order valence-corrected chi connectivity index (χ1v) is 24.0. The molecule has 1 heterocycles. The fourth-order valence-corrected chi connectivity index (χ4v) is 12.5. The quantitative estimate of drug-likeness (QED) is 0.156. The normalized spacial score (nSPS) is 13.0. The maximum absolute atomic E-state index is 2.46. The van der Waals surface area contributed by atoms with Crippen LogP contribution in [-0.2, 0) is 5.41 Å². The molecule has 15 rings (SSSR count). The number of para-hydroxylation sites is 2. The van der Waals surface area contributed by atoms with Crippen LogP contribution >= 0.6 is 0 Å². The molecule has 2 aliphatic rings. The van der Waals surface area contributed by atoms with Crippen molar-refractivity contribution in [2.24, 2.45) is 0 Å². The van der Waals surface area contributed by atoms with E-state index >= 15 is 0 Å². The average Bonchev–Trinajstić information content (AvgIpc) is 4.03. The number of anilines is 3. The summed E-state index contributed by atoms with van der Waals surface area (Å²) in [5, 5.41) is 10.1. The van der Waals surface area contributed by atoms with Crippen LogP contribution in [0.25, 0.3) is 93.2 Å². The zero-order valence-corrected chi connectivity index (χ0v) is 37.6. The first-order valence-electron chi connectivity index (χ1n) is 24.0. The van der Waals surface area contributed by atoms with Crippen molar-refractivity contribution in [2.45, 2.75) is 5.41 Å². The van der Waals surface area contributed by atoms with Crippen LogP contribution in [0.3, 0.4) is 0 Å². The first kappa shape index (κ1) is 38.2. The molecule has 0 radical (unpaired) electrons. The molecule has 2 heteroatoms. The molecule has 0 bridgehead atoms. The third-order valence-corrected chi connectivity index (χ3v) is 15.4. The third kappa shape index (κ3) is 5.31. The lowest BCUT2D eigenvalue weighted by Gasteiger charge is -2.31. The molecule has 12 aromatic carbocycles. The van der Waals surface area contributed by atoms with Crippen molar-refractivity contribution in [2.75, 3.05) is 4.90 Å². The van der Waals surface area contributed by atoms with Crippen molar-refractivity contribution in [3.05, 3.63) is 277 Å². The van der Waals surface area contributed by atoms with Gasteiger partial charge in [-0.3, -0.25) is 0 Å². The predicted octanol–water partition coefficient (Wildman–Crippen LogP) is 17.7. The summed E-state index contributed by atoms with van der Waals surface area (Å²) in [5.74, 6) is 0. The van der Waals surface area contributed by atoms with Crippen LogP contribution in [0, 0.1) is 0 Å². The topological polar surface area (TPSA) is 8.17 Å². The van der Waals surface area contributed by atoms with Gasteiger partial charge in [0.05, 0.1) is 16.4 Å². The van der Waals surface area contributed by atoms with Crippen molar-refractivity contribution in [3.8, 4) is 39.1 Å². The van der Waals surface area contributed by atoms with E-state index in [9.17, 15) is 0 Å². The highest BCUT2D eigenvalue weighted by Gasteiger charge is 2.51. The van der Waals surface area contributed by atoms with E-state index in [2.05, 4.69) is 264 Å². The largest absolute Gasteiger partial charge is 0.310 e. The number of rotatable bonds is 5. The number of hydrogen-bond acceptors (Lipinski definition) is 1. The maximum atomic E-state index is 2.46. The van der Waals surface area contributed by atoms with Gasteiger partial charge >= 0.3 is 0 Å². The highest BCUT2D eigenvalue weighted by Crippen LogP contribution is 2.63. The summed E-state index contributed by atoms with van der Waals surface area (Å²) in [5.41, 5.74) is 19.4. The Morgan fingerprint density at radius 3 is 1.29 bits per heavy atom. The molecule has 0 saturated carbocycles. The molecule has 69 heavy (non-hydrogen) atoms. The zero-order valence-electron chi connectivity index (χ0n) is 37.6. The molecule has 0 amide bonds. The summed E-state index contributed by atoms with van der Waals surface area (Å²) in [6.07, 6.45) is 0. The van der Waals surface area contributed by atoms with Crippen molar-refractivity contribution in [3.63, 3.8) is 0 Å². The number of aromatic nitrogens is 1. The summed E-state index contributed by atoms with van der Waals surface area (Å²) < 4.78 is 2.40. The highest BCUT2D eigenvalue weighted by molar-refractivity contribution is 6.26. The summed E-state index contributed by atoms with van der Waals surface area (Å²) in [6, 6.07) is 94.9. The molecule has 320 valence electrons. The molecular formula is C67H42N2. The Balaban J connectivity index is 0.921. The molecule has 0 fully saturated rings. The fourth-order valence-electron chi connectivity index (χ4n) is 12.5. The standard InChI is InChI=1S/C67H42N2/c1-2-20-51-49(18-1)50-19-3-4-21-52(50)59-41-47(36-38-53(51)59)68(45-34-32-43(33-35-45)44-16-15-17-46(40-44)69-65-30-13-8-25-57(65)58-26-9-14-31-66(58)69)48-37-39-64-60(42-48)56-24-7-12-29-63(56)67(64)61-27-10-5-22-54(61)55-23-6-11-28-62(55)67/h1-42H. The van der Waals surface area contributed by atoms with Gasteiger partial charge in [0.2, 0.25) is 0 Å². The first-order chi connectivity index (χ1) is 34.2. The second-order valence-electron chi connectivity index (χ2n) is 18.7. The third-order valence-electron chi connectivity index (χ3n) is 15.4. The van der Waals surface area contributed by atoms with Crippen LogP contribution in [-0.4, -0.2) is 4.57 Å². The number of fused-ring (bicyclic) bond motifs is 19. The summed E-state index contributed by atoms with van der Waals surface area (Å²) in [6.45, 7) is 0. The van der Waals surface area contributed by atoms with Crippen LogP contribution in [0.4, 0.5) is 17.1 Å². The second kappa shape index (κ2) is 14.5. The van der Waals surface area contributed by atoms with Gasteiger partial charge in [0.15, 0.2) is 0 Å². The second-order valence-corrected chi connectivity index (χ2v) is 18.7. The molecule has 2 aliphatic carbocycles. The van der Waals surface area contributed by atoms with Crippen LogP contribution < -0.4 is 4.90 Å². The molecule has 1 aromatic heterocycles. The molecule has 1 spiro atoms. The van der Waals surface area contributed by atoms with Crippen LogP contribution in [0.1, 0.15) is 22.3 Å². The van der Waals surface area contributed by atoms with E-state index in [-0.39, 0.29) is 0 Å². The van der Waals surface area contributed by atoms with Crippen LogP contribution in [0.2, 0.25) is 0 Å². The van der Waals surface area contributed by atoms with Gasteiger partial charge in [0, 0.05) is 33.5 Å². The monoisotopic (exact) mass is 874 g/mol. The van der Waals surface area contributed by atoms with Gasteiger partial charge < -0.3 is 9.47 Å². The molecular weight excluding hydrogens is 833 g/mol. The Morgan fingerprint density at radius 2 is 0.696 bits per heavy atom. The number of benzene rings is 12. The van der Waals surface area contributed by atoms with Gasteiger partial charge in [-0.2, -0.15) is 0 Å². The van der Waals surface area contributed by atoms with Crippen molar-refractivity contribution < 1.29 is 0 Å². The molecule has 0 saturated heterocycles. The maximum Gasteiger partial charge on any atom is 0.0725 e. The highest BCUT2D eigenvalue weighted by atomic mass is 15.1. The van der Waals surface area contributed by atoms with Gasteiger partial charge in [-0.05, 0) is 149 Å². The fraction of sp³-hybridized carbons (Fsp3) is 0.0149. The van der Waals surface area contributed by atoms with Gasteiger partial charge in [-0.1, -0.05) is 194 Å². The predicted molar refractivity (Wildman–Crippen MR) is 290 cm³/mol. The van der Waals surface area contributed by atoms with Crippen molar-refractivity contribution in [1.82, 2.24) is 4.57 Å². The molecule has 0 N–H and O–H groups in total. The van der Waals surface area contributed by atoms with Crippen molar-refractivity contribution >= 4 is 71.2 Å². The Kier molecular flexibility index (Phi) is 8.02. The Hall–Kier alpha value is -8.98. The van der Waals surface area contributed by atoms with E-state index in [0.717, 1.165) is 22.7 Å².